The van der Waals surface area contributed by atoms with Gasteiger partial charge in [0.25, 0.3) is 0 Å². The molecule has 26 heteroatoms. The number of nitrogens with zero attached hydrogens (tertiary/aromatic N) is 2. The summed E-state index contributed by atoms with van der Waals surface area (Å²) < 4.78 is 0. The Balaban J connectivity index is 1.86. The van der Waals surface area contributed by atoms with Gasteiger partial charge in [-0.2, -0.15) is 0 Å². The monoisotopic (exact) mass is 1070 g/mol. The zero-order valence-corrected chi connectivity index (χ0v) is 43.9. The molecule has 0 radical (unpaired) electrons. The van der Waals surface area contributed by atoms with Crippen LogP contribution < -0.4 is 43.4 Å². The lowest BCUT2D eigenvalue weighted by Crippen LogP contribution is -2.60. The number of nitrogens with two attached hydrogens (primary N) is 2. The third kappa shape index (κ3) is 19.7. The summed E-state index contributed by atoms with van der Waals surface area (Å²) in [7, 11) is 0. The van der Waals surface area contributed by atoms with Gasteiger partial charge in [0.05, 0.1) is 12.5 Å². The lowest BCUT2D eigenvalue weighted by atomic mass is 10.0. The fourth-order valence-corrected chi connectivity index (χ4v) is 8.86. The molecular weight excluding hydrogens is 997 g/mol. The number of primary amides is 1. The molecular formula is C50H76N10O16. The van der Waals surface area contributed by atoms with Crippen LogP contribution in [0.25, 0.3) is 0 Å². The number of hydrogen-bond acceptors (Lipinski definition) is 14. The Kier molecular flexibility index (Phi) is 24.5. The number of likely N-dealkylation sites (tertiary alicyclic amines) is 2. The molecule has 2 heterocycles. The molecule has 0 aromatic heterocycles. The summed E-state index contributed by atoms with van der Waals surface area (Å²) in [5.74, 6) is -12.8. The normalized spacial score (nSPS) is 18.1. The molecule has 9 amide bonds. The summed E-state index contributed by atoms with van der Waals surface area (Å²) in [6, 6.07) is -6.71. The molecule has 0 aliphatic carbocycles. The zero-order valence-electron chi connectivity index (χ0n) is 43.9. The average molecular weight is 1070 g/mol. The molecule has 26 nitrogen and oxygen atoms in total. The predicted octanol–water partition coefficient (Wildman–Crippen LogP) is -1.41. The van der Waals surface area contributed by atoms with Crippen molar-refractivity contribution >= 4 is 71.1 Å². The maximum atomic E-state index is 14.4. The molecule has 2 aliphatic heterocycles. The molecule has 2 aliphatic rings. The van der Waals surface area contributed by atoms with Gasteiger partial charge in [-0.15, -0.1) is 0 Å². The number of nitrogens with one attached hydrogen (secondary N) is 6. The first-order valence-electron chi connectivity index (χ1n) is 25.5. The molecule has 422 valence electrons. The summed E-state index contributed by atoms with van der Waals surface area (Å²) >= 11 is 0. The number of carboxylic acid groups (broad SMARTS) is 3. The Morgan fingerprint density at radius 3 is 1.50 bits per heavy atom. The van der Waals surface area contributed by atoms with E-state index in [1.165, 1.54) is 24.3 Å². The molecule has 1 aromatic rings. The van der Waals surface area contributed by atoms with E-state index in [9.17, 15) is 78.0 Å². The SMILES string of the molecule is CC(C)C[C@H](NC(=O)[C@H](CCC(=O)O)NC(=O)[C@@H]1CCCN1C(=O)[C@H](CCC(N)=O)NC(=O)[C@H](CC(C)C)NC(=O)[C@@H]1CCCN1C(=O)[C@H](CC(=O)O)NC(=O)[C@H](Cc1ccc(O)cc1)NC(=O)[C@@H](N)C(C)C)C(=O)O. The Morgan fingerprint density at radius 2 is 1.01 bits per heavy atom. The van der Waals surface area contributed by atoms with Crippen molar-refractivity contribution in [3.8, 4) is 5.75 Å². The van der Waals surface area contributed by atoms with E-state index in [2.05, 4.69) is 31.9 Å². The van der Waals surface area contributed by atoms with Crippen molar-refractivity contribution < 1.29 is 78.0 Å². The minimum absolute atomic E-state index is 0.0181. The minimum Gasteiger partial charge on any atom is -0.508 e. The van der Waals surface area contributed by atoms with Crippen molar-refractivity contribution in [2.45, 2.75) is 173 Å². The Bertz CT molecular complexity index is 2280. The summed E-state index contributed by atoms with van der Waals surface area (Å²) in [6.45, 7) is 10.2. The van der Waals surface area contributed by atoms with Gasteiger partial charge in [-0.25, -0.2) is 4.79 Å². The second kappa shape index (κ2) is 29.6. The highest BCUT2D eigenvalue weighted by molar-refractivity contribution is 5.99. The van der Waals surface area contributed by atoms with Crippen LogP contribution in [0, 0.1) is 17.8 Å². The highest BCUT2D eigenvalue weighted by Crippen LogP contribution is 2.23. The fraction of sp³-hybridized carbons (Fsp3) is 0.640. The first kappa shape index (κ1) is 62.9. The van der Waals surface area contributed by atoms with Crippen LogP contribution in [-0.4, -0.2) is 169 Å². The lowest BCUT2D eigenvalue weighted by molar-refractivity contribution is -0.146. The Labute approximate surface area is 440 Å². The van der Waals surface area contributed by atoms with E-state index in [1.807, 2.05) is 0 Å². The predicted molar refractivity (Wildman–Crippen MR) is 270 cm³/mol. The summed E-state index contributed by atoms with van der Waals surface area (Å²) in [5.41, 5.74) is 12.0. The van der Waals surface area contributed by atoms with Gasteiger partial charge < -0.3 is 73.6 Å². The smallest absolute Gasteiger partial charge is 0.326 e. The number of aromatic hydroxyl groups is 1. The van der Waals surface area contributed by atoms with Crippen molar-refractivity contribution in [1.29, 1.82) is 0 Å². The molecule has 3 rings (SSSR count). The van der Waals surface area contributed by atoms with Crippen LogP contribution in [-0.2, 0) is 64.0 Å². The van der Waals surface area contributed by atoms with E-state index in [0.717, 1.165) is 9.80 Å². The van der Waals surface area contributed by atoms with Gasteiger partial charge in [0.15, 0.2) is 0 Å². The number of phenols is 1. The van der Waals surface area contributed by atoms with Gasteiger partial charge in [0.2, 0.25) is 53.2 Å². The van der Waals surface area contributed by atoms with Gasteiger partial charge in [-0.3, -0.25) is 52.7 Å². The number of carbonyl (C=O) groups is 12. The van der Waals surface area contributed by atoms with Crippen LogP contribution in [0.5, 0.6) is 5.75 Å². The number of carbonyl (C=O) groups excluding carboxylic acids is 9. The van der Waals surface area contributed by atoms with Crippen molar-refractivity contribution in [2.24, 2.45) is 29.2 Å². The van der Waals surface area contributed by atoms with Crippen molar-refractivity contribution in [1.82, 2.24) is 41.7 Å². The maximum absolute atomic E-state index is 14.4. The van der Waals surface area contributed by atoms with E-state index in [1.54, 1.807) is 41.5 Å². The Morgan fingerprint density at radius 1 is 0.566 bits per heavy atom. The summed E-state index contributed by atoms with van der Waals surface area (Å²) in [5, 5.41) is 53.8. The lowest BCUT2D eigenvalue weighted by Gasteiger charge is -2.32. The molecule has 9 atom stereocenters. The fourth-order valence-electron chi connectivity index (χ4n) is 8.86. The molecule has 14 N–H and O–H groups in total. The van der Waals surface area contributed by atoms with Crippen molar-refractivity contribution in [2.75, 3.05) is 13.1 Å². The topological polar surface area (TPSA) is 416 Å². The summed E-state index contributed by atoms with van der Waals surface area (Å²) in [4.78, 5) is 161. The van der Waals surface area contributed by atoms with Crippen LogP contribution >= 0.6 is 0 Å². The molecule has 76 heavy (non-hydrogen) atoms. The molecule has 0 saturated carbocycles. The van der Waals surface area contributed by atoms with Gasteiger partial charge in [0.1, 0.15) is 54.1 Å². The molecule has 2 fully saturated rings. The first-order valence-corrected chi connectivity index (χ1v) is 25.5. The maximum Gasteiger partial charge on any atom is 0.326 e. The Hall–Kier alpha value is -7.38. The van der Waals surface area contributed by atoms with Crippen LogP contribution in [0.15, 0.2) is 24.3 Å². The number of hydrogen-bond donors (Lipinski definition) is 12. The van der Waals surface area contributed by atoms with Gasteiger partial charge >= 0.3 is 17.9 Å². The number of amides is 9. The van der Waals surface area contributed by atoms with Gasteiger partial charge in [0, 0.05) is 32.4 Å². The third-order valence-corrected chi connectivity index (χ3v) is 12.9. The van der Waals surface area contributed by atoms with Crippen LogP contribution in [0.4, 0.5) is 0 Å². The van der Waals surface area contributed by atoms with Gasteiger partial charge in [-0.1, -0.05) is 53.7 Å². The highest BCUT2D eigenvalue weighted by Gasteiger charge is 2.43. The largest absolute Gasteiger partial charge is 0.508 e. The minimum atomic E-state index is -1.74. The average Bonchev–Trinajstić information content (AvgIpc) is 4.04. The molecule has 0 bridgehead atoms. The quantitative estimate of drug-likeness (QED) is 0.0421. The number of rotatable bonds is 30. The second-order valence-corrected chi connectivity index (χ2v) is 20.5. The number of benzene rings is 1. The van der Waals surface area contributed by atoms with E-state index in [0.29, 0.717) is 5.56 Å². The van der Waals surface area contributed by atoms with E-state index < -0.39 is 151 Å². The highest BCUT2D eigenvalue weighted by atomic mass is 16.4. The van der Waals surface area contributed by atoms with Gasteiger partial charge in [-0.05, 0) is 86.8 Å². The number of phenolic OH excluding ortho intramolecular Hbond substituents is 1. The molecule has 0 unspecified atom stereocenters. The zero-order chi connectivity index (χ0) is 57.1. The van der Waals surface area contributed by atoms with Crippen LogP contribution in [0.3, 0.4) is 0 Å². The first-order chi connectivity index (χ1) is 35.6. The van der Waals surface area contributed by atoms with E-state index in [4.69, 9.17) is 11.5 Å². The molecule has 2 saturated heterocycles. The third-order valence-electron chi connectivity index (χ3n) is 12.9. The summed E-state index contributed by atoms with van der Waals surface area (Å²) in [6.07, 6.45) is -2.18. The molecule has 1 aromatic carbocycles. The second-order valence-electron chi connectivity index (χ2n) is 20.5. The standard InChI is InChI=1S/C50H76N10O16/c1-25(2)21-32(43(68)54-31(15-17-38(51)62)48(73)59-19-7-9-36(59)45(70)53-30(16-18-39(63)64)42(67)58-35(50(75)76)22-26(3)4)55-46(71)37-10-8-20-60(37)49(74)34(24-40(65)66)57-44(69)33(56-47(72)41(52)27(5)6)23-28-11-13-29(61)14-12-28/h11-14,25-27,30-37,41,61H,7-10,15-24,52H2,1-6H3,(H2,51,62)(H,53,70)(H,54,68)(H,55,71)(H,56,72)(H,57,69)(H,58,67)(H,63,64)(H,65,66)(H,75,76)/t30-,31-,32-,33-,34-,35-,36-,37-,41-/m0/s1. The molecule has 0 spiro atoms. The van der Waals surface area contributed by atoms with E-state index in [-0.39, 0.29) is 88.0 Å². The van der Waals surface area contributed by atoms with Crippen LogP contribution in [0.2, 0.25) is 0 Å². The number of aliphatic carboxylic acids is 3. The van der Waals surface area contributed by atoms with Crippen molar-refractivity contribution in [3.63, 3.8) is 0 Å². The van der Waals surface area contributed by atoms with E-state index >= 15 is 0 Å². The van der Waals surface area contributed by atoms with Crippen LogP contribution in [0.1, 0.15) is 118 Å². The number of carboxylic acids is 3. The van der Waals surface area contributed by atoms with Crippen molar-refractivity contribution in [3.05, 3.63) is 29.8 Å².